The highest BCUT2D eigenvalue weighted by Gasteiger charge is 2.33. The van der Waals surface area contributed by atoms with Crippen LogP contribution in [0.4, 0.5) is 5.69 Å². The fourth-order valence-corrected chi connectivity index (χ4v) is 6.19. The lowest BCUT2D eigenvalue weighted by atomic mass is 10.1. The zero-order chi connectivity index (χ0) is 28.7. The van der Waals surface area contributed by atoms with Crippen LogP contribution in [0, 0.1) is 0 Å². The molecule has 0 saturated heterocycles. The maximum Gasteiger partial charge on any atom is 0.264 e. The van der Waals surface area contributed by atoms with E-state index in [0.717, 1.165) is 20.8 Å². The summed E-state index contributed by atoms with van der Waals surface area (Å²) in [5.41, 5.74) is 0.896. The summed E-state index contributed by atoms with van der Waals surface area (Å²) < 4.78 is 29.4. The maximum atomic E-state index is 13.9. The van der Waals surface area contributed by atoms with Crippen molar-refractivity contribution in [1.29, 1.82) is 0 Å². The average molecular weight is 655 g/mol. The minimum Gasteiger partial charge on any atom is -0.352 e. The molecule has 0 aromatic heterocycles. The van der Waals surface area contributed by atoms with E-state index in [0.29, 0.717) is 0 Å². The monoisotopic (exact) mass is 653 g/mol. The third-order valence-corrected chi connectivity index (χ3v) is 8.87. The number of anilines is 1. The molecule has 0 saturated carbocycles. The summed E-state index contributed by atoms with van der Waals surface area (Å²) in [5.74, 6) is -0.909. The quantitative estimate of drug-likeness (QED) is 0.264. The summed E-state index contributed by atoms with van der Waals surface area (Å²) in [4.78, 5) is 28.4. The van der Waals surface area contributed by atoms with Crippen LogP contribution in [0.2, 0.25) is 10.0 Å². The third-order valence-electron chi connectivity index (χ3n) is 6.16. The Labute approximate surface area is 248 Å². The van der Waals surface area contributed by atoms with Crippen molar-refractivity contribution in [3.8, 4) is 0 Å². The van der Waals surface area contributed by atoms with Crippen LogP contribution >= 0.6 is 39.1 Å². The standard InChI is InChI=1S/C28H30BrCl2N3O4S/c1-4-19(2)32-28(36)20(3)33(17-21-9-8-10-22(29)13-21)27(35)18-34(25-15-23(30)14-24(31)16-25)39(37,38)26-11-6-5-7-12-26/h5-16,19-20H,4,17-18H2,1-3H3,(H,32,36)/t19-,20+/m0/s1. The molecule has 0 aliphatic carbocycles. The van der Waals surface area contributed by atoms with Gasteiger partial charge in [-0.2, -0.15) is 0 Å². The van der Waals surface area contributed by atoms with Crippen molar-refractivity contribution in [2.24, 2.45) is 0 Å². The zero-order valence-electron chi connectivity index (χ0n) is 21.8. The lowest BCUT2D eigenvalue weighted by molar-refractivity contribution is -0.139. The number of benzene rings is 3. The summed E-state index contributed by atoms with van der Waals surface area (Å²) in [7, 11) is -4.20. The van der Waals surface area contributed by atoms with Crippen LogP contribution in [-0.4, -0.2) is 43.8 Å². The van der Waals surface area contributed by atoms with E-state index < -0.39 is 28.5 Å². The summed E-state index contributed by atoms with van der Waals surface area (Å²) in [6, 6.07) is 18.5. The molecule has 11 heteroatoms. The summed E-state index contributed by atoms with van der Waals surface area (Å²) in [6.45, 7) is 4.95. The third kappa shape index (κ3) is 8.20. The molecule has 0 spiro atoms. The smallest absolute Gasteiger partial charge is 0.264 e. The first-order valence-electron chi connectivity index (χ1n) is 12.3. The Kier molecular flexibility index (Phi) is 10.8. The maximum absolute atomic E-state index is 13.9. The molecule has 39 heavy (non-hydrogen) atoms. The van der Waals surface area contributed by atoms with Gasteiger partial charge in [0.05, 0.1) is 10.6 Å². The predicted octanol–water partition coefficient (Wildman–Crippen LogP) is 6.28. The van der Waals surface area contributed by atoms with E-state index in [-0.39, 0.29) is 39.1 Å². The highest BCUT2D eigenvalue weighted by Crippen LogP contribution is 2.30. The largest absolute Gasteiger partial charge is 0.352 e. The van der Waals surface area contributed by atoms with E-state index >= 15 is 0 Å². The van der Waals surface area contributed by atoms with Crippen molar-refractivity contribution in [2.75, 3.05) is 10.8 Å². The molecule has 3 aromatic rings. The van der Waals surface area contributed by atoms with E-state index in [2.05, 4.69) is 21.2 Å². The minimum atomic E-state index is -4.20. The van der Waals surface area contributed by atoms with Crippen LogP contribution in [0.15, 0.2) is 82.2 Å². The van der Waals surface area contributed by atoms with Crippen LogP contribution in [-0.2, 0) is 26.2 Å². The van der Waals surface area contributed by atoms with Crippen LogP contribution in [0.1, 0.15) is 32.8 Å². The number of sulfonamides is 1. The summed E-state index contributed by atoms with van der Waals surface area (Å²) in [6.07, 6.45) is 0.719. The Balaban J connectivity index is 2.05. The van der Waals surface area contributed by atoms with Crippen molar-refractivity contribution in [1.82, 2.24) is 10.2 Å². The number of halogens is 3. The number of hydrogen-bond acceptors (Lipinski definition) is 4. The van der Waals surface area contributed by atoms with Gasteiger partial charge in [-0.3, -0.25) is 13.9 Å². The number of carbonyl (C=O) groups is 2. The van der Waals surface area contributed by atoms with Gasteiger partial charge < -0.3 is 10.2 Å². The fourth-order valence-electron chi connectivity index (χ4n) is 3.81. The number of hydrogen-bond donors (Lipinski definition) is 1. The molecule has 0 radical (unpaired) electrons. The SMILES string of the molecule is CC[C@H](C)NC(=O)[C@@H](C)N(Cc1cccc(Br)c1)C(=O)CN(c1cc(Cl)cc(Cl)c1)S(=O)(=O)c1ccccc1. The number of amides is 2. The molecule has 2 atom stereocenters. The normalized spacial score (nSPS) is 12.9. The van der Waals surface area contributed by atoms with Crippen molar-refractivity contribution in [3.05, 3.63) is 92.9 Å². The molecule has 0 unspecified atom stereocenters. The highest BCUT2D eigenvalue weighted by molar-refractivity contribution is 9.10. The minimum absolute atomic E-state index is 0.00463. The second-order valence-corrected chi connectivity index (χ2v) is 12.7. The van der Waals surface area contributed by atoms with Gasteiger partial charge in [-0.1, -0.05) is 76.4 Å². The first kappa shape index (κ1) is 30.9. The zero-order valence-corrected chi connectivity index (χ0v) is 25.7. The van der Waals surface area contributed by atoms with Gasteiger partial charge in [0.25, 0.3) is 10.0 Å². The van der Waals surface area contributed by atoms with Crippen molar-refractivity contribution in [2.45, 2.75) is 50.7 Å². The molecule has 208 valence electrons. The molecule has 0 heterocycles. The van der Waals surface area contributed by atoms with E-state index in [1.165, 1.54) is 35.2 Å². The van der Waals surface area contributed by atoms with Crippen LogP contribution in [0.25, 0.3) is 0 Å². The Morgan fingerprint density at radius 1 is 0.949 bits per heavy atom. The van der Waals surface area contributed by atoms with Gasteiger partial charge in [0, 0.05) is 27.1 Å². The lowest BCUT2D eigenvalue weighted by Gasteiger charge is -2.32. The van der Waals surface area contributed by atoms with Gasteiger partial charge >= 0.3 is 0 Å². The van der Waals surface area contributed by atoms with Gasteiger partial charge in [-0.25, -0.2) is 8.42 Å². The molecule has 0 bridgehead atoms. The van der Waals surface area contributed by atoms with Gasteiger partial charge in [-0.15, -0.1) is 0 Å². The summed E-state index contributed by atoms with van der Waals surface area (Å²) >= 11 is 15.9. The molecular weight excluding hydrogens is 625 g/mol. The number of rotatable bonds is 11. The van der Waals surface area contributed by atoms with Crippen molar-refractivity contribution < 1.29 is 18.0 Å². The van der Waals surface area contributed by atoms with Gasteiger partial charge in [0.15, 0.2) is 0 Å². The molecule has 0 aliphatic heterocycles. The second-order valence-electron chi connectivity index (χ2n) is 9.10. The van der Waals surface area contributed by atoms with Gasteiger partial charge in [0.1, 0.15) is 12.6 Å². The van der Waals surface area contributed by atoms with Crippen LogP contribution in [0.3, 0.4) is 0 Å². The predicted molar refractivity (Wildman–Crippen MR) is 159 cm³/mol. The van der Waals surface area contributed by atoms with E-state index in [1.807, 2.05) is 38.1 Å². The van der Waals surface area contributed by atoms with Crippen LogP contribution in [0.5, 0.6) is 0 Å². The van der Waals surface area contributed by atoms with Gasteiger partial charge in [0.2, 0.25) is 11.8 Å². The van der Waals surface area contributed by atoms with Crippen molar-refractivity contribution >= 4 is 66.7 Å². The number of carbonyl (C=O) groups excluding carboxylic acids is 2. The fraction of sp³-hybridized carbons (Fsp3) is 0.286. The summed E-state index contributed by atoms with van der Waals surface area (Å²) in [5, 5.41) is 3.34. The van der Waals surface area contributed by atoms with E-state index in [4.69, 9.17) is 23.2 Å². The molecule has 2 amide bonds. The molecular formula is C28H30BrCl2N3O4S. The molecule has 3 rings (SSSR count). The topological polar surface area (TPSA) is 86.8 Å². The second kappa shape index (κ2) is 13.7. The number of nitrogens with one attached hydrogen (secondary N) is 1. The molecule has 7 nitrogen and oxygen atoms in total. The number of nitrogens with zero attached hydrogens (tertiary/aromatic N) is 2. The molecule has 0 fully saturated rings. The Bertz CT molecular complexity index is 1400. The Morgan fingerprint density at radius 2 is 1.59 bits per heavy atom. The van der Waals surface area contributed by atoms with E-state index in [1.54, 1.807) is 25.1 Å². The molecule has 3 aromatic carbocycles. The average Bonchev–Trinajstić information content (AvgIpc) is 2.89. The van der Waals surface area contributed by atoms with E-state index in [9.17, 15) is 18.0 Å². The molecule has 1 N–H and O–H groups in total. The highest BCUT2D eigenvalue weighted by atomic mass is 79.9. The Morgan fingerprint density at radius 3 is 2.18 bits per heavy atom. The lowest BCUT2D eigenvalue weighted by Crippen LogP contribution is -2.52. The van der Waals surface area contributed by atoms with Crippen LogP contribution < -0.4 is 9.62 Å². The van der Waals surface area contributed by atoms with Crippen molar-refractivity contribution in [3.63, 3.8) is 0 Å². The Hall–Kier alpha value is -2.59. The first-order valence-corrected chi connectivity index (χ1v) is 15.3. The first-order chi connectivity index (χ1) is 18.4. The molecule has 0 aliphatic rings. The van der Waals surface area contributed by atoms with Gasteiger partial charge in [-0.05, 0) is 68.3 Å².